The van der Waals surface area contributed by atoms with E-state index in [9.17, 15) is 4.79 Å². The minimum atomic E-state index is -1.82. The Morgan fingerprint density at radius 2 is 1.77 bits per heavy atom. The van der Waals surface area contributed by atoms with Gasteiger partial charge in [-0.25, -0.2) is 14.6 Å². The average molecular weight is 522 g/mol. The molecule has 22 heavy (non-hydrogen) atoms. The number of halogens is 1. The second-order valence-electron chi connectivity index (χ2n) is 2.91. The molecule has 0 aliphatic rings. The number of aliphatic carboxylic acids is 3. The molecule has 0 bridgehead atoms. The number of imidazole rings is 1. The van der Waals surface area contributed by atoms with Gasteiger partial charge < -0.3 is 36.2 Å². The molecule has 0 fully saturated rings. The topological polar surface area (TPSA) is 219 Å². The van der Waals surface area contributed by atoms with Crippen molar-refractivity contribution in [2.75, 3.05) is 0 Å². The molecule has 0 radical (unpaired) electrons. The maximum atomic E-state index is 10.3. The molecular weight excluding hydrogens is 511 g/mol. The van der Waals surface area contributed by atoms with Crippen molar-refractivity contribution >= 4 is 27.3 Å². The molecule has 14 heteroatoms. The van der Waals surface area contributed by atoms with Gasteiger partial charge in [0.1, 0.15) is 6.04 Å². The van der Waals surface area contributed by atoms with E-state index in [4.69, 9.17) is 40.8 Å². The van der Waals surface area contributed by atoms with Gasteiger partial charge >= 0.3 is 46.1 Å². The van der Waals surface area contributed by atoms with E-state index in [1.807, 2.05) is 0 Å². The molecule has 6 N–H and O–H groups in total. The first-order valence-corrected chi connectivity index (χ1v) is 7.56. The van der Waals surface area contributed by atoms with Crippen LogP contribution in [0.1, 0.15) is 5.69 Å². The Bertz CT molecular complexity index is 431. The van der Waals surface area contributed by atoms with Gasteiger partial charge in [0.15, 0.2) is 0 Å². The molecule has 0 saturated heterocycles. The molecule has 1 heterocycles. The van der Waals surface area contributed by atoms with E-state index in [-0.39, 0.29) is 6.42 Å². The van der Waals surface area contributed by atoms with E-state index in [1.165, 1.54) is 6.33 Å². The number of rotatable bonds is 3. The van der Waals surface area contributed by atoms with Gasteiger partial charge in [-0.1, -0.05) is 0 Å². The molecule has 1 aromatic rings. The third-order valence-electron chi connectivity index (χ3n) is 1.49. The predicted molar refractivity (Wildman–Crippen MR) is 68.2 cm³/mol. The Hall–Kier alpha value is -2.04. The number of nitrogens with two attached hydrogens (primary N) is 1. The number of carboxylic acid groups (broad SMARTS) is 3. The number of carbonyl (C=O) groups is 3. The third kappa shape index (κ3) is 18.0. The summed E-state index contributed by atoms with van der Waals surface area (Å²) in [5, 5.41) is 32.2. The van der Waals surface area contributed by atoms with E-state index in [0.717, 1.165) is 11.0 Å². The number of aromatic amines is 1. The van der Waals surface area contributed by atoms with Crippen LogP contribution in [0.2, 0.25) is 0 Å². The Balaban J connectivity index is -0.000000279. The second-order valence-corrected chi connectivity index (χ2v) is 2.91. The summed E-state index contributed by atoms with van der Waals surface area (Å²) in [5.41, 5.74) is 6.00. The number of nitrogens with zero attached hydrogens (tertiary/aromatic N) is 2. The van der Waals surface area contributed by atoms with Crippen LogP contribution in [0, 0.1) is 10.1 Å². The quantitative estimate of drug-likeness (QED) is 0.194. The molecule has 12 nitrogen and oxygen atoms in total. The van der Waals surface area contributed by atoms with Crippen LogP contribution >= 0.6 is 9.42 Å². The van der Waals surface area contributed by atoms with E-state index in [0.29, 0.717) is 0 Å². The van der Waals surface area contributed by atoms with Crippen LogP contribution in [0.25, 0.3) is 0 Å². The van der Waals surface area contributed by atoms with Gasteiger partial charge in [-0.2, -0.15) is 0 Å². The second kappa shape index (κ2) is 17.0. The Labute approximate surface area is 138 Å². The summed E-state index contributed by atoms with van der Waals surface area (Å²) in [7, 11) is 4.61. The molecule has 0 aliphatic heterocycles. The normalized spacial score (nSPS) is 9.27. The monoisotopic (exact) mass is 521 g/mol. The number of hydrogen-bond acceptors (Lipinski definition) is 8. The fourth-order valence-electron chi connectivity index (χ4n) is 0.721. The molecule has 1 aromatic heterocycles. The Morgan fingerprint density at radius 1 is 1.36 bits per heavy atom. The molecule has 0 aromatic carbocycles. The average Bonchev–Trinajstić information content (AvgIpc) is 2.95. The summed E-state index contributed by atoms with van der Waals surface area (Å²) < 4.78 is 0. The molecule has 0 amide bonds. The summed E-state index contributed by atoms with van der Waals surface area (Å²) in [5.74, 6) is -4.65. The van der Waals surface area contributed by atoms with Crippen LogP contribution in [-0.2, 0) is 39.6 Å². The van der Waals surface area contributed by atoms with Crippen molar-refractivity contribution in [1.82, 2.24) is 9.97 Å². The van der Waals surface area contributed by atoms with E-state index in [2.05, 4.69) is 19.4 Å². The molecule has 0 saturated carbocycles. The molecule has 1 rings (SSSR count). The van der Waals surface area contributed by atoms with Crippen LogP contribution in [0.4, 0.5) is 0 Å². The van der Waals surface area contributed by atoms with Gasteiger partial charge in [0.2, 0.25) is 0 Å². The van der Waals surface area contributed by atoms with Gasteiger partial charge in [-0.3, -0.25) is 4.79 Å². The van der Waals surface area contributed by atoms with Crippen molar-refractivity contribution < 1.29 is 48.5 Å². The predicted octanol–water partition coefficient (Wildman–Crippen LogP) is -0.543. The van der Waals surface area contributed by atoms with E-state index >= 15 is 0 Å². The van der Waals surface area contributed by atoms with Crippen molar-refractivity contribution in [2.45, 2.75) is 12.5 Å². The van der Waals surface area contributed by atoms with E-state index in [1.54, 1.807) is 25.0 Å². The maximum absolute atomic E-state index is 10.3. The molecule has 129 valence electrons. The van der Waals surface area contributed by atoms with Gasteiger partial charge in [0, 0.05) is 18.3 Å². The SMILES string of the molecule is NC(Cc1cnc[nH]1)C(=O)O.O=C(O)C(=O)O.O=N[O-].[Cl][Pt]. The number of H-pyrrole nitrogens is 1. The van der Waals surface area contributed by atoms with Gasteiger partial charge in [-0.15, -0.1) is 5.34 Å². The first-order chi connectivity index (χ1) is 10.3. The van der Waals surface area contributed by atoms with Gasteiger partial charge in [0.05, 0.1) is 6.33 Å². The molecule has 0 aliphatic carbocycles. The summed E-state index contributed by atoms with van der Waals surface area (Å²) >= 11 is 1.61. The fraction of sp³-hybridized carbons (Fsp3) is 0.250. The molecular formula is C8H11ClN4O8Pt-. The van der Waals surface area contributed by atoms with Crippen molar-refractivity contribution in [2.24, 2.45) is 11.1 Å². The first kappa shape index (κ1) is 24.9. The third-order valence-corrected chi connectivity index (χ3v) is 1.49. The Morgan fingerprint density at radius 3 is 2.00 bits per heavy atom. The minimum absolute atomic E-state index is 0.287. The zero-order valence-corrected chi connectivity index (χ0v) is 13.5. The summed E-state index contributed by atoms with van der Waals surface area (Å²) in [4.78, 5) is 43.0. The standard InChI is InChI=1S/C6H9N3O2.C2H2O4.ClH.HNO2.Pt/c7-5(6(10)11)1-4-2-8-3-9-4;3-1(4)2(5)6;;2-1-3;/h2-3,5H,1,7H2,(H,8,9)(H,10,11);(H,3,4)(H,5,6);1H;(H,2,3);/q;;;;+1/p-2. The number of hydrogen-bond donors (Lipinski definition) is 5. The molecule has 1 atom stereocenters. The fourth-order valence-corrected chi connectivity index (χ4v) is 0.721. The van der Waals surface area contributed by atoms with E-state index < -0.39 is 23.9 Å². The van der Waals surface area contributed by atoms with Crippen molar-refractivity contribution in [3.8, 4) is 0 Å². The molecule has 0 spiro atoms. The van der Waals surface area contributed by atoms with Crippen LogP contribution < -0.4 is 5.73 Å². The number of nitrogens with one attached hydrogen (secondary N) is 1. The number of carboxylic acids is 3. The van der Waals surface area contributed by atoms with Gasteiger partial charge in [0.25, 0.3) is 0 Å². The number of aromatic nitrogens is 2. The van der Waals surface area contributed by atoms with Gasteiger partial charge in [-0.05, 0) is 0 Å². The first-order valence-electron chi connectivity index (χ1n) is 4.75. The van der Waals surface area contributed by atoms with Crippen molar-refractivity contribution in [1.29, 1.82) is 0 Å². The zero-order chi connectivity index (χ0) is 18.1. The van der Waals surface area contributed by atoms with Crippen molar-refractivity contribution in [3.05, 3.63) is 28.3 Å². The van der Waals surface area contributed by atoms with Crippen LogP contribution in [0.3, 0.4) is 0 Å². The van der Waals surface area contributed by atoms with Crippen LogP contribution in [0.5, 0.6) is 0 Å². The molecule has 1 unspecified atom stereocenters. The zero-order valence-electron chi connectivity index (χ0n) is 10.5. The summed E-state index contributed by atoms with van der Waals surface area (Å²) in [6.07, 6.45) is 3.34. The Kier molecular flexibility index (Phi) is 19.3. The van der Waals surface area contributed by atoms with Crippen molar-refractivity contribution in [3.63, 3.8) is 0 Å². The van der Waals surface area contributed by atoms with Crippen LogP contribution in [0.15, 0.2) is 17.9 Å². The van der Waals surface area contributed by atoms with Crippen LogP contribution in [-0.4, -0.2) is 49.2 Å². The summed E-state index contributed by atoms with van der Waals surface area (Å²) in [6.45, 7) is 0. The summed E-state index contributed by atoms with van der Waals surface area (Å²) in [6, 6.07) is -0.851.